The van der Waals surface area contributed by atoms with Gasteiger partial charge >= 0.3 is 0 Å². The number of rotatable bonds is 0. The highest BCUT2D eigenvalue weighted by Crippen LogP contribution is 2.30. The summed E-state index contributed by atoms with van der Waals surface area (Å²) in [6, 6.07) is 0. The van der Waals surface area contributed by atoms with E-state index in [2.05, 4.69) is 21.7 Å². The highest BCUT2D eigenvalue weighted by Gasteiger charge is 2.21. The summed E-state index contributed by atoms with van der Waals surface area (Å²) in [6.45, 7) is 5.27. The van der Waals surface area contributed by atoms with Crippen molar-refractivity contribution in [3.63, 3.8) is 0 Å². The highest BCUT2D eigenvalue weighted by atomic mass is 32.2. The summed E-state index contributed by atoms with van der Waals surface area (Å²) in [4.78, 5) is 0. The lowest BCUT2D eigenvalue weighted by atomic mass is 10.4. The Labute approximate surface area is 63.8 Å². The first-order valence-electron chi connectivity index (χ1n) is 3.34. The van der Waals surface area contributed by atoms with Crippen LogP contribution in [-0.2, 0) is 6.54 Å². The van der Waals surface area contributed by atoms with Crippen LogP contribution in [-0.4, -0.2) is 20.0 Å². The van der Waals surface area contributed by atoms with Gasteiger partial charge in [-0.15, -0.1) is 10.2 Å². The Morgan fingerprint density at radius 1 is 1.60 bits per heavy atom. The van der Waals surface area contributed by atoms with Crippen LogP contribution in [0.4, 0.5) is 0 Å². The summed E-state index contributed by atoms with van der Waals surface area (Å²) in [6.07, 6.45) is 0. The molecule has 0 aliphatic carbocycles. The molecule has 2 rings (SSSR count). The van der Waals surface area contributed by atoms with Crippen molar-refractivity contribution >= 4 is 11.8 Å². The van der Waals surface area contributed by atoms with Crippen LogP contribution in [0.25, 0.3) is 0 Å². The molecule has 0 radical (unpaired) electrons. The van der Waals surface area contributed by atoms with E-state index in [1.165, 1.54) is 0 Å². The van der Waals surface area contributed by atoms with Crippen LogP contribution >= 0.6 is 11.8 Å². The minimum absolute atomic E-state index is 0.671. The van der Waals surface area contributed by atoms with E-state index in [1.807, 2.05) is 6.92 Å². The van der Waals surface area contributed by atoms with E-state index < -0.39 is 0 Å². The zero-order valence-corrected chi connectivity index (χ0v) is 6.85. The van der Waals surface area contributed by atoms with Crippen LogP contribution in [0.3, 0.4) is 0 Å². The molecular weight excluding hydrogens is 146 g/mol. The Balaban J connectivity index is 2.44. The largest absolute Gasteiger partial charge is 0.305 e. The van der Waals surface area contributed by atoms with Gasteiger partial charge in [0.15, 0.2) is 5.16 Å². The normalized spacial score (nSPS) is 23.2. The van der Waals surface area contributed by atoms with Gasteiger partial charge < -0.3 is 4.57 Å². The Morgan fingerprint density at radius 2 is 2.40 bits per heavy atom. The molecule has 0 fully saturated rings. The SMILES string of the molecule is Cc1nnc2n1C[C@@H](C)S2. The van der Waals surface area contributed by atoms with E-state index in [9.17, 15) is 0 Å². The molecule has 1 atom stereocenters. The molecule has 1 aromatic heterocycles. The molecule has 3 nitrogen and oxygen atoms in total. The van der Waals surface area contributed by atoms with Gasteiger partial charge in [-0.1, -0.05) is 18.7 Å². The van der Waals surface area contributed by atoms with Gasteiger partial charge in [0.2, 0.25) is 0 Å². The summed E-state index contributed by atoms with van der Waals surface area (Å²) in [5.41, 5.74) is 0. The van der Waals surface area contributed by atoms with Crippen molar-refractivity contribution in [2.75, 3.05) is 0 Å². The van der Waals surface area contributed by atoms with Gasteiger partial charge in [-0.25, -0.2) is 0 Å². The summed E-state index contributed by atoms with van der Waals surface area (Å²) >= 11 is 1.80. The Morgan fingerprint density at radius 3 is 3.10 bits per heavy atom. The van der Waals surface area contributed by atoms with Gasteiger partial charge in [-0.05, 0) is 6.92 Å². The van der Waals surface area contributed by atoms with Crippen LogP contribution in [0.1, 0.15) is 12.7 Å². The van der Waals surface area contributed by atoms with Crippen molar-refractivity contribution in [1.29, 1.82) is 0 Å². The summed E-state index contributed by atoms with van der Waals surface area (Å²) < 4.78 is 2.16. The molecule has 0 spiro atoms. The van der Waals surface area contributed by atoms with E-state index in [0.29, 0.717) is 5.25 Å². The first-order valence-corrected chi connectivity index (χ1v) is 4.22. The van der Waals surface area contributed by atoms with Crippen molar-refractivity contribution in [3.05, 3.63) is 5.82 Å². The highest BCUT2D eigenvalue weighted by molar-refractivity contribution is 7.99. The molecule has 1 aliphatic rings. The second-order valence-electron chi connectivity index (χ2n) is 2.57. The van der Waals surface area contributed by atoms with Gasteiger partial charge in [0.25, 0.3) is 0 Å². The summed E-state index contributed by atoms with van der Waals surface area (Å²) in [5.74, 6) is 1.03. The third-order valence-electron chi connectivity index (χ3n) is 1.65. The van der Waals surface area contributed by atoms with Crippen LogP contribution < -0.4 is 0 Å². The van der Waals surface area contributed by atoms with E-state index in [-0.39, 0.29) is 0 Å². The second-order valence-corrected chi connectivity index (χ2v) is 3.97. The fourth-order valence-corrected chi connectivity index (χ4v) is 2.14. The molecule has 0 saturated heterocycles. The summed E-state index contributed by atoms with van der Waals surface area (Å²) in [5, 5.41) is 9.73. The first kappa shape index (κ1) is 6.22. The van der Waals surface area contributed by atoms with Gasteiger partial charge in [0.1, 0.15) is 5.82 Å². The lowest BCUT2D eigenvalue weighted by Crippen LogP contribution is -2.02. The van der Waals surface area contributed by atoms with Crippen LogP contribution in [0.5, 0.6) is 0 Å². The van der Waals surface area contributed by atoms with Gasteiger partial charge in [0, 0.05) is 11.8 Å². The minimum atomic E-state index is 0.671. The zero-order valence-electron chi connectivity index (χ0n) is 6.03. The fourth-order valence-electron chi connectivity index (χ4n) is 1.13. The molecule has 0 bridgehead atoms. The van der Waals surface area contributed by atoms with Crippen LogP contribution in [0.15, 0.2) is 5.16 Å². The number of hydrogen-bond donors (Lipinski definition) is 0. The zero-order chi connectivity index (χ0) is 7.14. The maximum atomic E-state index is 4.02. The second kappa shape index (κ2) is 1.99. The van der Waals surface area contributed by atoms with E-state index >= 15 is 0 Å². The third-order valence-corrected chi connectivity index (χ3v) is 2.71. The molecule has 1 aliphatic heterocycles. The molecule has 10 heavy (non-hydrogen) atoms. The third kappa shape index (κ3) is 0.751. The number of nitrogens with zero attached hydrogens (tertiary/aromatic N) is 3. The monoisotopic (exact) mass is 155 g/mol. The molecule has 0 saturated carbocycles. The molecule has 2 heterocycles. The lowest BCUT2D eigenvalue weighted by molar-refractivity contribution is 0.650. The number of fused-ring (bicyclic) bond motifs is 1. The van der Waals surface area contributed by atoms with Crippen LogP contribution in [0, 0.1) is 6.92 Å². The molecule has 4 heteroatoms. The van der Waals surface area contributed by atoms with Gasteiger partial charge in [-0.3, -0.25) is 0 Å². The lowest BCUT2D eigenvalue weighted by Gasteiger charge is -1.97. The Kier molecular flexibility index (Phi) is 1.23. The number of hydrogen-bond acceptors (Lipinski definition) is 3. The minimum Gasteiger partial charge on any atom is -0.305 e. The number of aromatic nitrogens is 3. The number of thioether (sulfide) groups is 1. The van der Waals surface area contributed by atoms with Crippen molar-refractivity contribution in [1.82, 2.24) is 14.8 Å². The molecule has 54 valence electrons. The van der Waals surface area contributed by atoms with Crippen molar-refractivity contribution in [3.8, 4) is 0 Å². The molecule has 0 unspecified atom stereocenters. The molecule has 0 aromatic carbocycles. The van der Waals surface area contributed by atoms with E-state index in [4.69, 9.17) is 0 Å². The quantitative estimate of drug-likeness (QED) is 0.561. The molecule has 0 amide bonds. The standard InChI is InChI=1S/C6H9N3S/c1-4-3-9-5(2)7-8-6(9)10-4/h4H,3H2,1-2H3/t4-/m1/s1. The predicted octanol–water partition coefficient (Wildman–Crippen LogP) is 1.08. The van der Waals surface area contributed by atoms with Crippen molar-refractivity contribution in [2.24, 2.45) is 0 Å². The average molecular weight is 155 g/mol. The van der Waals surface area contributed by atoms with Gasteiger partial charge in [0.05, 0.1) is 0 Å². The first-order chi connectivity index (χ1) is 4.77. The van der Waals surface area contributed by atoms with Crippen molar-refractivity contribution < 1.29 is 0 Å². The van der Waals surface area contributed by atoms with Crippen LogP contribution in [0.2, 0.25) is 0 Å². The van der Waals surface area contributed by atoms with E-state index in [0.717, 1.165) is 17.5 Å². The Hall–Kier alpha value is -0.510. The smallest absolute Gasteiger partial charge is 0.191 e. The molecule has 1 aromatic rings. The van der Waals surface area contributed by atoms with E-state index in [1.54, 1.807) is 11.8 Å². The van der Waals surface area contributed by atoms with Crippen molar-refractivity contribution in [2.45, 2.75) is 30.8 Å². The topological polar surface area (TPSA) is 30.7 Å². The predicted molar refractivity (Wildman–Crippen MR) is 40.1 cm³/mol. The summed E-state index contributed by atoms with van der Waals surface area (Å²) in [7, 11) is 0. The average Bonchev–Trinajstić information content (AvgIpc) is 2.35. The maximum Gasteiger partial charge on any atom is 0.191 e. The maximum absolute atomic E-state index is 4.02. The fraction of sp³-hybridized carbons (Fsp3) is 0.667. The Bertz CT molecular complexity index is 255. The molecule has 0 N–H and O–H groups in total. The molecular formula is C6H9N3S. The number of aryl methyl sites for hydroxylation is 1. The van der Waals surface area contributed by atoms with Gasteiger partial charge in [-0.2, -0.15) is 0 Å².